The van der Waals surface area contributed by atoms with Crippen LogP contribution in [-0.4, -0.2) is 103 Å². The number of alkyl halides is 3. The third-order valence-corrected chi connectivity index (χ3v) is 9.07. The number of likely N-dealkylation sites (tertiary alicyclic amines) is 2. The number of amides is 2. The molecular weight excluding hydrogens is 611 g/mol. The second-order valence-electron chi connectivity index (χ2n) is 12.4. The Hall–Kier alpha value is -4.28. The fourth-order valence-electron chi connectivity index (χ4n) is 6.48. The molecule has 3 aromatic rings. The Labute approximate surface area is 273 Å². The van der Waals surface area contributed by atoms with Crippen LogP contribution in [0.1, 0.15) is 52.5 Å². The summed E-state index contributed by atoms with van der Waals surface area (Å²) >= 11 is 0. The minimum atomic E-state index is -4.47. The third-order valence-electron chi connectivity index (χ3n) is 9.07. The monoisotopic (exact) mass is 653 g/mol. The second-order valence-corrected chi connectivity index (χ2v) is 12.4. The van der Waals surface area contributed by atoms with Crippen LogP contribution >= 0.6 is 0 Å². The van der Waals surface area contributed by atoms with Gasteiger partial charge in [-0.1, -0.05) is 18.8 Å². The molecule has 0 bridgehead atoms. The average Bonchev–Trinajstić information content (AvgIpc) is 3.44. The first-order valence-corrected chi connectivity index (χ1v) is 15.9. The maximum atomic E-state index is 13.7. The largest absolute Gasteiger partial charge is 0.495 e. The van der Waals surface area contributed by atoms with Crippen LogP contribution in [0.4, 0.5) is 18.9 Å². The molecule has 0 spiro atoms. The van der Waals surface area contributed by atoms with Gasteiger partial charge in [-0.05, 0) is 75.6 Å². The van der Waals surface area contributed by atoms with Gasteiger partial charge in [-0.25, -0.2) is 4.98 Å². The zero-order chi connectivity index (χ0) is 33.7. The number of benzene rings is 2. The van der Waals surface area contributed by atoms with Crippen molar-refractivity contribution in [2.45, 2.75) is 51.0 Å². The number of nitrogens with one attached hydrogen (secondary N) is 3. The molecule has 2 aliphatic rings. The highest BCUT2D eigenvalue weighted by Gasteiger charge is 2.33. The molecule has 3 heterocycles. The number of hydrogen-bond acceptors (Lipinski definition) is 7. The lowest BCUT2D eigenvalue weighted by atomic mass is 9.90. The summed E-state index contributed by atoms with van der Waals surface area (Å²) in [6.07, 6.45) is -0.292. The molecule has 0 unspecified atom stereocenters. The highest BCUT2D eigenvalue weighted by Crippen LogP contribution is 2.28. The molecule has 1 aromatic heterocycles. The quantitative estimate of drug-likeness (QED) is 0.317. The van der Waals surface area contributed by atoms with Gasteiger partial charge in [0.15, 0.2) is 0 Å². The number of aromatic nitrogens is 2. The molecule has 13 heteroatoms. The molecule has 0 saturated carbocycles. The number of carbonyl (C=O) groups is 2. The topological polar surface area (TPSA) is 104 Å². The van der Waals surface area contributed by atoms with Crippen LogP contribution in [0, 0.1) is 17.8 Å². The van der Waals surface area contributed by atoms with Gasteiger partial charge >= 0.3 is 6.18 Å². The summed E-state index contributed by atoms with van der Waals surface area (Å²) in [4.78, 5) is 34.9. The van der Waals surface area contributed by atoms with E-state index in [-0.39, 0.29) is 46.9 Å². The number of halogens is 3. The summed E-state index contributed by atoms with van der Waals surface area (Å²) in [5.74, 6) is 6.04. The average molecular weight is 654 g/mol. The van der Waals surface area contributed by atoms with Crippen LogP contribution in [0.25, 0.3) is 11.0 Å². The Morgan fingerprint density at radius 2 is 1.85 bits per heavy atom. The number of ether oxygens (including phenoxy) is 1. The van der Waals surface area contributed by atoms with Gasteiger partial charge in [0.05, 0.1) is 36.7 Å². The van der Waals surface area contributed by atoms with E-state index in [1.54, 1.807) is 24.3 Å². The van der Waals surface area contributed by atoms with Crippen molar-refractivity contribution in [3.05, 3.63) is 53.3 Å². The Morgan fingerprint density at radius 3 is 2.53 bits per heavy atom. The molecule has 2 atom stereocenters. The van der Waals surface area contributed by atoms with E-state index < -0.39 is 12.7 Å². The van der Waals surface area contributed by atoms with Crippen molar-refractivity contribution < 1.29 is 27.5 Å². The fourth-order valence-corrected chi connectivity index (χ4v) is 6.48. The standard InChI is InChI=1S/C34H42F3N7O3/c1-22-19-43(25-9-13-42(3)14-10-25)15-11-27(22)41-33(46)26-16-23(17-29-31(26)40-21-44(29)20-34(35,36)37)6-5-12-39-28-18-24(32(45)38-2)7-8-30(28)47-4/h7-8,16-18,21-22,25,27,39H,9-15,19-20H2,1-4H3,(H,38,45)(H,41,46)/t22-,27+/m0/s1. The van der Waals surface area contributed by atoms with Gasteiger partial charge in [-0.3, -0.25) is 14.5 Å². The zero-order valence-electron chi connectivity index (χ0n) is 27.2. The molecule has 2 amide bonds. The number of carbonyl (C=O) groups excluding carboxylic acids is 2. The normalized spacial score (nSPS) is 19.6. The first-order chi connectivity index (χ1) is 22.5. The molecule has 10 nitrogen and oxygen atoms in total. The maximum Gasteiger partial charge on any atom is 0.406 e. The van der Waals surface area contributed by atoms with Crippen LogP contribution in [0.2, 0.25) is 0 Å². The van der Waals surface area contributed by atoms with Crippen LogP contribution in [0.3, 0.4) is 0 Å². The minimum Gasteiger partial charge on any atom is -0.495 e. The second kappa shape index (κ2) is 14.6. The molecule has 3 N–H and O–H groups in total. The van der Waals surface area contributed by atoms with Crippen molar-refractivity contribution in [3.63, 3.8) is 0 Å². The molecular formula is C34H42F3N7O3. The van der Waals surface area contributed by atoms with Crippen molar-refractivity contribution >= 4 is 28.5 Å². The minimum absolute atomic E-state index is 0.0724. The van der Waals surface area contributed by atoms with Gasteiger partial charge in [-0.15, -0.1) is 0 Å². The molecule has 47 heavy (non-hydrogen) atoms. The van der Waals surface area contributed by atoms with Crippen molar-refractivity contribution in [1.82, 2.24) is 30.0 Å². The zero-order valence-corrected chi connectivity index (χ0v) is 27.2. The number of nitrogens with zero attached hydrogens (tertiary/aromatic N) is 4. The molecule has 2 saturated heterocycles. The van der Waals surface area contributed by atoms with Gasteiger partial charge in [-0.2, -0.15) is 13.2 Å². The molecule has 2 fully saturated rings. The highest BCUT2D eigenvalue weighted by molar-refractivity contribution is 6.05. The summed E-state index contributed by atoms with van der Waals surface area (Å²) in [5.41, 5.74) is 1.93. The van der Waals surface area contributed by atoms with E-state index >= 15 is 0 Å². The molecule has 252 valence electrons. The van der Waals surface area contributed by atoms with Crippen LogP contribution in [-0.2, 0) is 6.54 Å². The SMILES string of the molecule is CNC(=O)c1ccc(OC)c(NCC#Cc2cc(C(=O)N[C@@H]3CCN(C4CCN(C)CC4)C[C@@H]3C)c3ncn(CC(F)(F)F)c3c2)c1. The van der Waals surface area contributed by atoms with Gasteiger partial charge in [0.2, 0.25) is 0 Å². The van der Waals surface area contributed by atoms with E-state index in [2.05, 4.69) is 56.5 Å². The number of methoxy groups -OCH3 is 1. The Balaban J connectivity index is 1.34. The number of hydrogen-bond donors (Lipinski definition) is 3. The summed E-state index contributed by atoms with van der Waals surface area (Å²) in [6.45, 7) is 4.97. The molecule has 0 radical (unpaired) electrons. The lowest BCUT2D eigenvalue weighted by Gasteiger charge is -2.43. The predicted molar refractivity (Wildman–Crippen MR) is 175 cm³/mol. The van der Waals surface area contributed by atoms with Crippen LogP contribution in [0.5, 0.6) is 5.75 Å². The van der Waals surface area contributed by atoms with E-state index in [1.165, 1.54) is 20.2 Å². The van der Waals surface area contributed by atoms with E-state index in [1.807, 2.05) is 0 Å². The summed E-state index contributed by atoms with van der Waals surface area (Å²) in [6, 6.07) is 8.53. The Bertz CT molecular complexity index is 1650. The predicted octanol–water partition coefficient (Wildman–Crippen LogP) is 3.96. The molecule has 5 rings (SSSR count). The summed E-state index contributed by atoms with van der Waals surface area (Å²) in [5, 5.41) is 8.86. The number of rotatable bonds is 8. The van der Waals surface area contributed by atoms with Crippen molar-refractivity contribution in [2.75, 3.05) is 59.2 Å². The van der Waals surface area contributed by atoms with Crippen molar-refractivity contribution in [1.29, 1.82) is 0 Å². The van der Waals surface area contributed by atoms with Crippen LogP contribution in [0.15, 0.2) is 36.7 Å². The van der Waals surface area contributed by atoms with E-state index in [4.69, 9.17) is 4.74 Å². The number of imidazole rings is 1. The van der Waals surface area contributed by atoms with E-state index in [0.717, 1.165) is 56.3 Å². The van der Waals surface area contributed by atoms with E-state index in [0.29, 0.717) is 28.6 Å². The van der Waals surface area contributed by atoms with Gasteiger partial charge in [0.25, 0.3) is 11.8 Å². The highest BCUT2D eigenvalue weighted by atomic mass is 19.4. The van der Waals surface area contributed by atoms with Gasteiger partial charge in [0.1, 0.15) is 17.8 Å². The molecule has 2 aromatic carbocycles. The number of fused-ring (bicyclic) bond motifs is 1. The number of piperidine rings is 2. The fraction of sp³-hybridized carbons (Fsp3) is 0.500. The van der Waals surface area contributed by atoms with E-state index in [9.17, 15) is 22.8 Å². The van der Waals surface area contributed by atoms with Gasteiger partial charge < -0.3 is 30.2 Å². The molecule has 0 aliphatic carbocycles. The van der Waals surface area contributed by atoms with Gasteiger partial charge in [0, 0.05) is 43.3 Å². The maximum absolute atomic E-state index is 13.7. The Kier molecular flexibility index (Phi) is 10.6. The first-order valence-electron chi connectivity index (χ1n) is 15.9. The summed E-state index contributed by atoms with van der Waals surface area (Å²) in [7, 11) is 5.20. The van der Waals surface area contributed by atoms with Crippen LogP contribution < -0.4 is 20.7 Å². The summed E-state index contributed by atoms with van der Waals surface area (Å²) < 4.78 is 46.6. The van der Waals surface area contributed by atoms with Crippen molar-refractivity contribution in [3.8, 4) is 17.6 Å². The first kappa shape index (κ1) is 34.1. The number of anilines is 1. The lowest BCUT2D eigenvalue weighted by Crippen LogP contribution is -2.54. The third kappa shape index (κ3) is 8.36. The Morgan fingerprint density at radius 1 is 1.09 bits per heavy atom. The lowest BCUT2D eigenvalue weighted by molar-refractivity contribution is -0.139. The van der Waals surface area contributed by atoms with Crippen molar-refractivity contribution in [2.24, 2.45) is 5.92 Å². The smallest absolute Gasteiger partial charge is 0.406 e. The molecule has 2 aliphatic heterocycles.